The number of benzene rings is 1. The first-order chi connectivity index (χ1) is 8.81. The second kappa shape index (κ2) is 6.91. The monoisotopic (exact) mass is 274 g/mol. The lowest BCUT2D eigenvalue weighted by Crippen LogP contribution is -2.37. The summed E-state index contributed by atoms with van der Waals surface area (Å²) in [5, 5.41) is 6.33. The van der Waals surface area contributed by atoms with Gasteiger partial charge in [0.2, 0.25) is 0 Å². The molecule has 0 aliphatic heterocycles. The summed E-state index contributed by atoms with van der Waals surface area (Å²) in [7, 11) is 0. The van der Waals surface area contributed by atoms with Crippen molar-refractivity contribution in [2.24, 2.45) is 0 Å². The van der Waals surface area contributed by atoms with E-state index in [1.807, 2.05) is 0 Å². The molecule has 5 heteroatoms. The first-order valence-electron chi connectivity index (χ1n) is 6.39. The van der Waals surface area contributed by atoms with E-state index in [9.17, 15) is 13.2 Å². The fourth-order valence-corrected chi connectivity index (χ4v) is 1.60. The molecule has 1 aromatic carbocycles. The van der Waals surface area contributed by atoms with Gasteiger partial charge >= 0.3 is 0 Å². The molecule has 1 rings (SSSR count). The molecule has 0 aliphatic rings. The molecular weight excluding hydrogens is 253 g/mol. The van der Waals surface area contributed by atoms with Gasteiger partial charge in [0, 0.05) is 17.6 Å². The maximum atomic E-state index is 13.3. The van der Waals surface area contributed by atoms with Crippen molar-refractivity contribution in [3.8, 4) is 0 Å². The molecule has 0 saturated heterocycles. The predicted octanol–water partition coefficient (Wildman–Crippen LogP) is 2.97. The normalized spacial score (nSPS) is 11.9. The highest BCUT2D eigenvalue weighted by atomic mass is 19.2. The van der Waals surface area contributed by atoms with Crippen LogP contribution in [0.3, 0.4) is 0 Å². The Morgan fingerprint density at radius 2 is 1.68 bits per heavy atom. The molecule has 0 unspecified atom stereocenters. The molecule has 0 fully saturated rings. The van der Waals surface area contributed by atoms with Gasteiger partial charge in [0.05, 0.1) is 0 Å². The Bertz CT molecular complexity index is 414. The Hall–Kier alpha value is -1.07. The molecule has 19 heavy (non-hydrogen) atoms. The van der Waals surface area contributed by atoms with Crippen LogP contribution in [-0.2, 0) is 6.54 Å². The van der Waals surface area contributed by atoms with Crippen LogP contribution in [-0.4, -0.2) is 18.6 Å². The van der Waals surface area contributed by atoms with E-state index in [4.69, 9.17) is 0 Å². The fraction of sp³-hybridized carbons (Fsp3) is 0.571. The van der Waals surface area contributed by atoms with E-state index < -0.39 is 17.5 Å². The molecular formula is C14H21F3N2. The molecule has 0 amide bonds. The minimum atomic E-state index is -1.41. The van der Waals surface area contributed by atoms with Gasteiger partial charge in [0.15, 0.2) is 17.5 Å². The van der Waals surface area contributed by atoms with Gasteiger partial charge in [0.1, 0.15) is 0 Å². The summed E-state index contributed by atoms with van der Waals surface area (Å²) >= 11 is 0. The summed E-state index contributed by atoms with van der Waals surface area (Å²) in [4.78, 5) is 0. The third-order valence-electron chi connectivity index (χ3n) is 2.62. The second-order valence-electron chi connectivity index (χ2n) is 5.54. The summed E-state index contributed by atoms with van der Waals surface area (Å²) in [6.45, 7) is 7.96. The zero-order chi connectivity index (χ0) is 14.5. The summed E-state index contributed by atoms with van der Waals surface area (Å²) in [5.74, 6) is -3.68. The van der Waals surface area contributed by atoms with Crippen LogP contribution < -0.4 is 10.6 Å². The summed E-state index contributed by atoms with van der Waals surface area (Å²) < 4.78 is 39.0. The van der Waals surface area contributed by atoms with Gasteiger partial charge in [-0.05, 0) is 46.3 Å². The van der Waals surface area contributed by atoms with Crippen molar-refractivity contribution in [1.29, 1.82) is 0 Å². The van der Waals surface area contributed by atoms with Crippen molar-refractivity contribution >= 4 is 0 Å². The average molecular weight is 274 g/mol. The minimum Gasteiger partial charge on any atom is -0.313 e. The van der Waals surface area contributed by atoms with Crippen LogP contribution in [0, 0.1) is 17.5 Å². The molecule has 0 bridgehead atoms. The Kier molecular flexibility index (Phi) is 5.82. The molecule has 0 heterocycles. The van der Waals surface area contributed by atoms with Crippen molar-refractivity contribution in [3.63, 3.8) is 0 Å². The van der Waals surface area contributed by atoms with E-state index in [-0.39, 0.29) is 17.6 Å². The van der Waals surface area contributed by atoms with Gasteiger partial charge in [-0.3, -0.25) is 0 Å². The summed E-state index contributed by atoms with van der Waals surface area (Å²) in [5.41, 5.74) is 0.217. The van der Waals surface area contributed by atoms with Crippen molar-refractivity contribution in [3.05, 3.63) is 35.1 Å². The molecule has 0 aromatic heterocycles. The molecule has 108 valence electrons. The van der Waals surface area contributed by atoms with E-state index in [1.165, 1.54) is 6.07 Å². The van der Waals surface area contributed by atoms with Gasteiger partial charge in [-0.2, -0.15) is 0 Å². The van der Waals surface area contributed by atoms with Crippen LogP contribution >= 0.6 is 0 Å². The summed E-state index contributed by atoms with van der Waals surface area (Å²) in [6.07, 6.45) is 0.878. The Morgan fingerprint density at radius 1 is 1.00 bits per heavy atom. The molecule has 2 N–H and O–H groups in total. The van der Waals surface area contributed by atoms with Gasteiger partial charge < -0.3 is 10.6 Å². The van der Waals surface area contributed by atoms with Crippen molar-refractivity contribution < 1.29 is 13.2 Å². The topological polar surface area (TPSA) is 24.1 Å². The maximum Gasteiger partial charge on any atom is 0.194 e. The van der Waals surface area contributed by atoms with E-state index >= 15 is 0 Å². The largest absolute Gasteiger partial charge is 0.313 e. The van der Waals surface area contributed by atoms with Crippen LogP contribution in [0.5, 0.6) is 0 Å². The van der Waals surface area contributed by atoms with Crippen molar-refractivity contribution in [2.45, 2.75) is 39.3 Å². The Labute approximate surface area is 112 Å². The highest BCUT2D eigenvalue weighted by molar-refractivity contribution is 5.20. The second-order valence-corrected chi connectivity index (χ2v) is 5.54. The SMILES string of the molecule is CC(C)(C)NCCCNCc1ccc(F)c(F)c1F. The molecule has 0 atom stereocenters. The standard InChI is InChI=1S/C14H21F3N2/c1-14(2,3)19-8-4-7-18-9-10-5-6-11(15)13(17)12(10)16/h5-6,18-19H,4,7-9H2,1-3H3. The molecule has 2 nitrogen and oxygen atoms in total. The van der Waals surface area contributed by atoms with E-state index in [0.717, 1.165) is 19.0 Å². The average Bonchev–Trinajstić information content (AvgIpc) is 2.32. The maximum absolute atomic E-state index is 13.3. The number of hydrogen-bond acceptors (Lipinski definition) is 2. The molecule has 0 aliphatic carbocycles. The zero-order valence-corrected chi connectivity index (χ0v) is 11.6. The lowest BCUT2D eigenvalue weighted by atomic mass is 10.1. The molecule has 1 aromatic rings. The predicted molar refractivity (Wildman–Crippen MR) is 70.4 cm³/mol. The van der Waals surface area contributed by atoms with Crippen LogP contribution in [0.15, 0.2) is 12.1 Å². The van der Waals surface area contributed by atoms with Crippen LogP contribution in [0.1, 0.15) is 32.8 Å². The van der Waals surface area contributed by atoms with Crippen molar-refractivity contribution in [2.75, 3.05) is 13.1 Å². The highest BCUT2D eigenvalue weighted by Crippen LogP contribution is 2.14. The molecule has 0 spiro atoms. The summed E-state index contributed by atoms with van der Waals surface area (Å²) in [6, 6.07) is 2.20. The van der Waals surface area contributed by atoms with Crippen molar-refractivity contribution in [1.82, 2.24) is 10.6 Å². The van der Waals surface area contributed by atoms with E-state index in [2.05, 4.69) is 31.4 Å². The van der Waals surface area contributed by atoms with Crippen LogP contribution in [0.4, 0.5) is 13.2 Å². The van der Waals surface area contributed by atoms with E-state index in [1.54, 1.807) is 0 Å². The van der Waals surface area contributed by atoms with Gasteiger partial charge in [-0.15, -0.1) is 0 Å². The first kappa shape index (κ1) is 16.0. The lowest BCUT2D eigenvalue weighted by molar-refractivity contribution is 0.416. The number of halogens is 3. The number of nitrogens with one attached hydrogen (secondary N) is 2. The fourth-order valence-electron chi connectivity index (χ4n) is 1.60. The first-order valence-corrected chi connectivity index (χ1v) is 6.39. The third-order valence-corrected chi connectivity index (χ3v) is 2.62. The Morgan fingerprint density at radius 3 is 2.32 bits per heavy atom. The smallest absolute Gasteiger partial charge is 0.194 e. The number of rotatable bonds is 6. The lowest BCUT2D eigenvalue weighted by Gasteiger charge is -2.20. The molecule has 0 radical (unpaired) electrons. The van der Waals surface area contributed by atoms with Gasteiger partial charge in [-0.25, -0.2) is 13.2 Å². The van der Waals surface area contributed by atoms with Crippen LogP contribution in [0.2, 0.25) is 0 Å². The third kappa shape index (κ3) is 5.61. The molecule has 0 saturated carbocycles. The van der Waals surface area contributed by atoms with E-state index in [0.29, 0.717) is 6.54 Å². The quantitative estimate of drug-likeness (QED) is 0.615. The Balaban J connectivity index is 2.29. The zero-order valence-electron chi connectivity index (χ0n) is 11.6. The van der Waals surface area contributed by atoms with Crippen LogP contribution in [0.25, 0.3) is 0 Å². The van der Waals surface area contributed by atoms with Gasteiger partial charge in [0.25, 0.3) is 0 Å². The van der Waals surface area contributed by atoms with Gasteiger partial charge in [-0.1, -0.05) is 6.07 Å². The highest BCUT2D eigenvalue weighted by Gasteiger charge is 2.12. The minimum absolute atomic E-state index is 0.0756. The number of hydrogen-bond donors (Lipinski definition) is 2.